The number of nitrogens with zero attached hydrogens (tertiary/aromatic N) is 4. The van der Waals surface area contributed by atoms with Gasteiger partial charge in [-0.1, -0.05) is 0 Å². The standard InChI is InChI=1S/C20H29F3N6O2/c1-11-15(12(2)26-25-11)3-5-27-16(20(21,22)23)4-6-28-18(30)8-17(24-19(27)28)29-9-14-7-13(29)10-31-14/h8,11-16,25-26H,3-7,9-10H2,1-2H3/t11?,12?,13-,14-,15?,16-/m0/s1. The SMILES string of the molecule is CC1NNC(C)C1CCN1c2nc(N3C[C@@H]4C[C@H]3CO4)cc(=O)n2CC[C@H]1C(F)(F)F. The van der Waals surface area contributed by atoms with Crippen LogP contribution in [0.25, 0.3) is 0 Å². The number of nitrogens with one attached hydrogen (secondary N) is 2. The number of fused-ring (bicyclic) bond motifs is 3. The molecule has 8 nitrogen and oxygen atoms in total. The van der Waals surface area contributed by atoms with E-state index in [0.29, 0.717) is 25.4 Å². The summed E-state index contributed by atoms with van der Waals surface area (Å²) < 4.78 is 48.9. The van der Waals surface area contributed by atoms with Crippen LogP contribution < -0.4 is 26.2 Å². The van der Waals surface area contributed by atoms with E-state index >= 15 is 0 Å². The molecule has 0 spiro atoms. The highest BCUT2D eigenvalue weighted by Gasteiger charge is 2.48. The van der Waals surface area contributed by atoms with Crippen LogP contribution in [0.15, 0.2) is 10.9 Å². The van der Waals surface area contributed by atoms with Crippen LogP contribution in [0.4, 0.5) is 24.9 Å². The highest BCUT2D eigenvalue weighted by molar-refractivity contribution is 5.49. The Morgan fingerprint density at radius 3 is 2.61 bits per heavy atom. The minimum absolute atomic E-state index is 0.0244. The minimum Gasteiger partial charge on any atom is -0.374 e. The summed E-state index contributed by atoms with van der Waals surface area (Å²) in [5.41, 5.74) is 6.03. The molecule has 5 rings (SSSR count). The van der Waals surface area contributed by atoms with Gasteiger partial charge in [0.05, 0.1) is 18.8 Å². The fraction of sp³-hybridized carbons (Fsp3) is 0.800. The van der Waals surface area contributed by atoms with Gasteiger partial charge in [0.2, 0.25) is 5.95 Å². The van der Waals surface area contributed by atoms with Gasteiger partial charge in [0.15, 0.2) is 0 Å². The van der Waals surface area contributed by atoms with E-state index in [2.05, 4.69) is 15.8 Å². The van der Waals surface area contributed by atoms with E-state index in [4.69, 9.17) is 4.74 Å². The van der Waals surface area contributed by atoms with Crippen LogP contribution >= 0.6 is 0 Å². The molecule has 0 saturated carbocycles. The van der Waals surface area contributed by atoms with Gasteiger partial charge in [-0.15, -0.1) is 0 Å². The average molecular weight is 442 g/mol. The maximum atomic E-state index is 14.0. The predicted molar refractivity (Wildman–Crippen MR) is 109 cm³/mol. The first-order valence-electron chi connectivity index (χ1n) is 11.1. The van der Waals surface area contributed by atoms with Crippen LogP contribution in [0.5, 0.6) is 0 Å². The summed E-state index contributed by atoms with van der Waals surface area (Å²) >= 11 is 0. The van der Waals surface area contributed by atoms with Gasteiger partial charge in [0.25, 0.3) is 5.56 Å². The summed E-state index contributed by atoms with van der Waals surface area (Å²) in [5, 5.41) is 0. The third-order valence-electron chi connectivity index (χ3n) is 7.33. The molecule has 3 fully saturated rings. The molecule has 0 aromatic carbocycles. The van der Waals surface area contributed by atoms with Crippen molar-refractivity contribution in [1.29, 1.82) is 0 Å². The van der Waals surface area contributed by atoms with Crippen LogP contribution in [0, 0.1) is 5.92 Å². The molecule has 0 aliphatic carbocycles. The molecule has 5 heterocycles. The Morgan fingerprint density at radius 1 is 1.26 bits per heavy atom. The lowest BCUT2D eigenvalue weighted by Crippen LogP contribution is -2.53. The molecule has 0 radical (unpaired) electrons. The van der Waals surface area contributed by atoms with Gasteiger partial charge >= 0.3 is 6.18 Å². The van der Waals surface area contributed by atoms with E-state index in [1.165, 1.54) is 15.5 Å². The number of aromatic nitrogens is 2. The van der Waals surface area contributed by atoms with Gasteiger partial charge in [-0.2, -0.15) is 18.2 Å². The molecule has 172 valence electrons. The summed E-state index contributed by atoms with van der Waals surface area (Å²) in [5.74, 6) is 0.787. The number of rotatable bonds is 4. The fourth-order valence-corrected chi connectivity index (χ4v) is 5.58. The van der Waals surface area contributed by atoms with Crippen LogP contribution in [-0.4, -0.2) is 65.7 Å². The number of anilines is 2. The molecule has 11 heteroatoms. The lowest BCUT2D eigenvalue weighted by molar-refractivity contribution is -0.152. The van der Waals surface area contributed by atoms with Crippen LogP contribution in [-0.2, 0) is 11.3 Å². The molecular weight excluding hydrogens is 413 g/mol. The largest absolute Gasteiger partial charge is 0.408 e. The van der Waals surface area contributed by atoms with Crippen molar-refractivity contribution in [2.75, 3.05) is 29.5 Å². The molecule has 1 aromatic rings. The van der Waals surface area contributed by atoms with Crippen molar-refractivity contribution < 1.29 is 17.9 Å². The van der Waals surface area contributed by atoms with Crippen LogP contribution in [0.1, 0.15) is 33.1 Å². The zero-order valence-corrected chi connectivity index (χ0v) is 17.7. The Bertz CT molecular complexity index is 883. The minimum atomic E-state index is -4.39. The molecule has 4 aliphatic heterocycles. The molecule has 31 heavy (non-hydrogen) atoms. The monoisotopic (exact) mass is 442 g/mol. The second kappa shape index (κ2) is 7.63. The fourth-order valence-electron chi connectivity index (χ4n) is 5.58. The Morgan fingerprint density at radius 2 is 2.00 bits per heavy atom. The summed E-state index contributed by atoms with van der Waals surface area (Å²) in [6, 6.07) is 0.274. The zero-order chi connectivity index (χ0) is 21.9. The quantitative estimate of drug-likeness (QED) is 0.727. The van der Waals surface area contributed by atoms with Gasteiger partial charge in [-0.25, -0.2) is 0 Å². The first kappa shape index (κ1) is 21.0. The maximum absolute atomic E-state index is 14.0. The van der Waals surface area contributed by atoms with Crippen molar-refractivity contribution in [3.63, 3.8) is 0 Å². The van der Waals surface area contributed by atoms with Gasteiger partial charge in [0.1, 0.15) is 11.9 Å². The van der Waals surface area contributed by atoms with Crippen molar-refractivity contribution in [3.05, 3.63) is 16.4 Å². The van der Waals surface area contributed by atoms with Crippen LogP contribution in [0.2, 0.25) is 0 Å². The van der Waals surface area contributed by atoms with Crippen molar-refractivity contribution in [1.82, 2.24) is 20.4 Å². The molecule has 0 amide bonds. The molecule has 2 bridgehead atoms. The third-order valence-corrected chi connectivity index (χ3v) is 7.33. The number of hydrogen-bond donors (Lipinski definition) is 2. The highest BCUT2D eigenvalue weighted by atomic mass is 19.4. The van der Waals surface area contributed by atoms with Crippen molar-refractivity contribution in [2.45, 2.75) is 76.1 Å². The zero-order valence-electron chi connectivity index (χ0n) is 17.7. The number of hydrazine groups is 1. The van der Waals surface area contributed by atoms with Crippen LogP contribution in [0.3, 0.4) is 0 Å². The predicted octanol–water partition coefficient (Wildman–Crippen LogP) is 1.25. The third kappa shape index (κ3) is 3.70. The lowest BCUT2D eigenvalue weighted by atomic mass is 9.92. The molecule has 5 atom stereocenters. The van der Waals surface area contributed by atoms with E-state index in [0.717, 1.165) is 6.42 Å². The van der Waals surface area contributed by atoms with Crippen molar-refractivity contribution in [3.8, 4) is 0 Å². The normalized spacial score (nSPS) is 35.1. The first-order chi connectivity index (χ1) is 14.7. The van der Waals surface area contributed by atoms with Crippen molar-refractivity contribution in [2.24, 2.45) is 5.92 Å². The molecule has 2 N–H and O–H groups in total. The topological polar surface area (TPSA) is 74.7 Å². The van der Waals surface area contributed by atoms with E-state index in [1.807, 2.05) is 18.7 Å². The van der Waals surface area contributed by atoms with E-state index in [-0.39, 0.29) is 61.2 Å². The summed E-state index contributed by atoms with van der Waals surface area (Å²) in [6.45, 7) is 5.46. The number of morpholine rings is 1. The second-order valence-electron chi connectivity index (χ2n) is 9.26. The second-order valence-corrected chi connectivity index (χ2v) is 9.26. The van der Waals surface area contributed by atoms with E-state index < -0.39 is 12.2 Å². The van der Waals surface area contributed by atoms with Crippen molar-refractivity contribution >= 4 is 11.8 Å². The van der Waals surface area contributed by atoms with E-state index in [1.54, 1.807) is 0 Å². The summed E-state index contributed by atoms with van der Waals surface area (Å²) in [7, 11) is 0. The Hall–Kier alpha value is -1.85. The van der Waals surface area contributed by atoms with Gasteiger partial charge in [0, 0.05) is 37.8 Å². The maximum Gasteiger partial charge on any atom is 0.408 e. The highest BCUT2D eigenvalue weighted by Crippen LogP contribution is 2.37. The number of halogens is 3. The molecule has 3 saturated heterocycles. The first-order valence-corrected chi connectivity index (χ1v) is 11.1. The number of hydrogen-bond acceptors (Lipinski definition) is 7. The summed E-state index contributed by atoms with van der Waals surface area (Å²) in [4.78, 5) is 20.8. The molecular formula is C20H29F3N6O2. The smallest absolute Gasteiger partial charge is 0.374 e. The average Bonchev–Trinajstić information content (AvgIpc) is 3.42. The van der Waals surface area contributed by atoms with Gasteiger partial charge in [-0.05, 0) is 39.0 Å². The number of ether oxygens (including phenoxy) is 1. The van der Waals surface area contributed by atoms with E-state index in [9.17, 15) is 18.0 Å². The van der Waals surface area contributed by atoms with Gasteiger partial charge in [-0.3, -0.25) is 20.2 Å². The lowest BCUT2D eigenvalue weighted by Gasteiger charge is -2.40. The Labute approximate surface area is 178 Å². The Kier molecular flexibility index (Phi) is 5.17. The molecule has 1 aromatic heterocycles. The van der Waals surface area contributed by atoms with Gasteiger partial charge < -0.3 is 14.5 Å². The molecule has 2 unspecified atom stereocenters. The number of alkyl halides is 3. The summed E-state index contributed by atoms with van der Waals surface area (Å²) in [6.07, 6.45) is -2.99. The Balaban J connectivity index is 1.48. The molecule has 4 aliphatic rings.